The lowest BCUT2D eigenvalue weighted by atomic mass is 10.2. The number of hydrogen-bond donors (Lipinski definition) is 3. The average Bonchev–Trinajstić information content (AvgIpc) is 2.13. The minimum atomic E-state index is -1.47. The second-order valence-electron chi connectivity index (χ2n) is 5.08. The highest BCUT2D eigenvalue weighted by molar-refractivity contribution is 6.76. The van der Waals surface area contributed by atoms with Gasteiger partial charge in [0.15, 0.2) is 0 Å². The molecule has 0 aromatic heterocycles. The molecule has 8 heteroatoms. The van der Waals surface area contributed by atoms with Crippen molar-refractivity contribution >= 4 is 26.1 Å². The van der Waals surface area contributed by atoms with Crippen molar-refractivity contribution in [2.75, 3.05) is 6.61 Å². The summed E-state index contributed by atoms with van der Waals surface area (Å²) in [6.07, 6.45) is -1.58. The molecule has 0 aromatic rings. The number of rotatable bonds is 7. The van der Waals surface area contributed by atoms with Gasteiger partial charge in [0.05, 0.1) is 13.0 Å². The van der Waals surface area contributed by atoms with Crippen molar-refractivity contribution in [3.63, 3.8) is 0 Å². The van der Waals surface area contributed by atoms with Crippen LogP contribution in [0.2, 0.25) is 25.7 Å². The Labute approximate surface area is 106 Å². The standard InChI is InChI=1S/C10H19NO6Si/c1-18(2,3)5-4-17-10(16)11-7(9(14)15)6-8(12)13/h7H,4-6H2,1-3H3,(H,11,16)(H,12,13)(H,14,15). The number of amides is 1. The molecule has 0 saturated carbocycles. The van der Waals surface area contributed by atoms with Crippen molar-refractivity contribution < 1.29 is 29.3 Å². The molecule has 0 bridgehead atoms. The van der Waals surface area contributed by atoms with Crippen molar-refractivity contribution in [1.82, 2.24) is 5.32 Å². The fourth-order valence-corrected chi connectivity index (χ4v) is 1.72. The van der Waals surface area contributed by atoms with Crippen LogP contribution >= 0.6 is 0 Å². The Morgan fingerprint density at radius 2 is 1.78 bits per heavy atom. The van der Waals surface area contributed by atoms with Gasteiger partial charge < -0.3 is 20.3 Å². The number of carbonyl (C=O) groups excluding carboxylic acids is 1. The van der Waals surface area contributed by atoms with E-state index in [1.54, 1.807) is 0 Å². The molecule has 0 rings (SSSR count). The first-order valence-electron chi connectivity index (χ1n) is 5.50. The Morgan fingerprint density at radius 3 is 2.17 bits per heavy atom. The molecular formula is C10H19NO6Si. The van der Waals surface area contributed by atoms with Crippen molar-refractivity contribution in [3.05, 3.63) is 0 Å². The quantitative estimate of drug-likeness (QED) is 0.598. The van der Waals surface area contributed by atoms with E-state index < -0.39 is 38.6 Å². The van der Waals surface area contributed by atoms with E-state index in [4.69, 9.17) is 14.9 Å². The molecule has 0 spiro atoms. The molecule has 0 radical (unpaired) electrons. The molecule has 7 nitrogen and oxygen atoms in total. The van der Waals surface area contributed by atoms with Crippen LogP contribution < -0.4 is 5.32 Å². The zero-order valence-corrected chi connectivity index (χ0v) is 11.7. The molecule has 1 unspecified atom stereocenters. The normalized spacial score (nSPS) is 12.6. The van der Waals surface area contributed by atoms with Gasteiger partial charge in [0.1, 0.15) is 6.04 Å². The van der Waals surface area contributed by atoms with Crippen LogP contribution in [-0.4, -0.2) is 49.0 Å². The summed E-state index contributed by atoms with van der Waals surface area (Å²) < 4.78 is 4.81. The summed E-state index contributed by atoms with van der Waals surface area (Å²) in [7, 11) is -1.33. The topological polar surface area (TPSA) is 113 Å². The van der Waals surface area contributed by atoms with Gasteiger partial charge in [-0.15, -0.1) is 0 Å². The van der Waals surface area contributed by atoms with Gasteiger partial charge >= 0.3 is 18.0 Å². The third-order valence-corrected chi connectivity index (χ3v) is 3.76. The van der Waals surface area contributed by atoms with Crippen LogP contribution in [0.3, 0.4) is 0 Å². The van der Waals surface area contributed by atoms with Gasteiger partial charge in [-0.25, -0.2) is 9.59 Å². The van der Waals surface area contributed by atoms with Crippen molar-refractivity contribution in [2.45, 2.75) is 38.1 Å². The van der Waals surface area contributed by atoms with Gasteiger partial charge in [0, 0.05) is 8.07 Å². The largest absolute Gasteiger partial charge is 0.481 e. The molecule has 0 saturated heterocycles. The maximum absolute atomic E-state index is 11.3. The predicted molar refractivity (Wildman–Crippen MR) is 66.3 cm³/mol. The Kier molecular flexibility index (Phi) is 6.38. The smallest absolute Gasteiger partial charge is 0.407 e. The van der Waals surface area contributed by atoms with Crippen LogP contribution in [0.5, 0.6) is 0 Å². The van der Waals surface area contributed by atoms with E-state index >= 15 is 0 Å². The van der Waals surface area contributed by atoms with Crippen LogP contribution in [0, 0.1) is 0 Å². The third kappa shape index (κ3) is 8.56. The number of carboxylic acids is 2. The number of alkyl carbamates (subject to hydrolysis) is 1. The summed E-state index contributed by atoms with van der Waals surface area (Å²) in [4.78, 5) is 32.3. The molecule has 104 valence electrons. The third-order valence-electron chi connectivity index (χ3n) is 2.05. The Morgan fingerprint density at radius 1 is 1.22 bits per heavy atom. The summed E-state index contributed by atoms with van der Waals surface area (Å²) in [6, 6.07) is -0.709. The molecule has 18 heavy (non-hydrogen) atoms. The molecule has 0 heterocycles. The molecule has 0 fully saturated rings. The van der Waals surface area contributed by atoms with Gasteiger partial charge in [-0.05, 0) is 6.04 Å². The van der Waals surface area contributed by atoms with E-state index in [0.29, 0.717) is 0 Å². The van der Waals surface area contributed by atoms with Crippen LogP contribution in [0.25, 0.3) is 0 Å². The lowest BCUT2D eigenvalue weighted by Gasteiger charge is -2.16. The molecule has 1 amide bonds. The lowest BCUT2D eigenvalue weighted by molar-refractivity contribution is -0.145. The fourth-order valence-electron chi connectivity index (χ4n) is 1.01. The zero-order chi connectivity index (χ0) is 14.3. The number of carbonyl (C=O) groups is 3. The summed E-state index contributed by atoms with van der Waals surface area (Å²) in [5.41, 5.74) is 0. The first-order chi connectivity index (χ1) is 8.11. The number of nitrogens with one attached hydrogen (secondary N) is 1. The highest BCUT2D eigenvalue weighted by Gasteiger charge is 2.24. The molecular weight excluding hydrogens is 258 g/mol. The molecule has 0 aliphatic rings. The Bertz CT molecular complexity index is 325. The van der Waals surface area contributed by atoms with Crippen LogP contribution in [-0.2, 0) is 14.3 Å². The number of aliphatic carboxylic acids is 2. The highest BCUT2D eigenvalue weighted by atomic mass is 28.3. The van der Waals surface area contributed by atoms with Crippen LogP contribution in [0.1, 0.15) is 6.42 Å². The molecule has 0 aliphatic heterocycles. The lowest BCUT2D eigenvalue weighted by Crippen LogP contribution is -2.42. The van der Waals surface area contributed by atoms with E-state index in [1.807, 2.05) is 5.32 Å². The monoisotopic (exact) mass is 277 g/mol. The first-order valence-corrected chi connectivity index (χ1v) is 9.20. The van der Waals surface area contributed by atoms with E-state index in [1.165, 1.54) is 0 Å². The van der Waals surface area contributed by atoms with Gasteiger partial charge in [0.2, 0.25) is 0 Å². The van der Waals surface area contributed by atoms with Gasteiger partial charge in [0.25, 0.3) is 0 Å². The number of carboxylic acid groups (broad SMARTS) is 2. The Hall–Kier alpha value is -1.57. The van der Waals surface area contributed by atoms with Crippen molar-refractivity contribution in [3.8, 4) is 0 Å². The molecule has 1 atom stereocenters. The maximum Gasteiger partial charge on any atom is 0.407 e. The Balaban J connectivity index is 4.11. The second kappa shape index (κ2) is 6.99. The van der Waals surface area contributed by atoms with Crippen molar-refractivity contribution in [1.29, 1.82) is 0 Å². The number of hydrogen-bond acceptors (Lipinski definition) is 4. The van der Waals surface area contributed by atoms with Crippen molar-refractivity contribution in [2.24, 2.45) is 0 Å². The van der Waals surface area contributed by atoms with E-state index in [9.17, 15) is 14.4 Å². The van der Waals surface area contributed by atoms with E-state index in [0.717, 1.165) is 6.04 Å². The predicted octanol–water partition coefficient (Wildman–Crippen LogP) is 0.979. The summed E-state index contributed by atoms with van der Waals surface area (Å²) in [6.45, 7) is 6.54. The summed E-state index contributed by atoms with van der Waals surface area (Å²) in [5.74, 6) is -2.70. The number of ether oxygens (including phenoxy) is 1. The van der Waals surface area contributed by atoms with Crippen LogP contribution in [0.15, 0.2) is 0 Å². The van der Waals surface area contributed by atoms with Gasteiger partial charge in [-0.2, -0.15) is 0 Å². The minimum absolute atomic E-state index is 0.209. The summed E-state index contributed by atoms with van der Waals surface area (Å²) in [5, 5.41) is 19.2. The average molecular weight is 277 g/mol. The SMILES string of the molecule is C[Si](C)(C)CCOC(=O)NC(CC(=O)O)C(=O)O. The van der Waals surface area contributed by atoms with E-state index in [-0.39, 0.29) is 6.61 Å². The highest BCUT2D eigenvalue weighted by Crippen LogP contribution is 2.07. The minimum Gasteiger partial charge on any atom is -0.481 e. The maximum atomic E-state index is 11.3. The molecule has 3 N–H and O–H groups in total. The molecule has 0 aromatic carbocycles. The van der Waals surface area contributed by atoms with E-state index in [2.05, 4.69) is 19.6 Å². The second-order valence-corrected chi connectivity index (χ2v) is 10.7. The molecule has 0 aliphatic carbocycles. The fraction of sp³-hybridized carbons (Fsp3) is 0.700. The summed E-state index contributed by atoms with van der Waals surface area (Å²) >= 11 is 0. The first kappa shape index (κ1) is 16.4. The van der Waals surface area contributed by atoms with Gasteiger partial charge in [-0.3, -0.25) is 4.79 Å². The van der Waals surface area contributed by atoms with Crippen LogP contribution in [0.4, 0.5) is 4.79 Å². The van der Waals surface area contributed by atoms with Gasteiger partial charge in [-0.1, -0.05) is 19.6 Å². The zero-order valence-electron chi connectivity index (χ0n) is 10.7.